The van der Waals surface area contributed by atoms with E-state index in [0.717, 1.165) is 30.0 Å². The van der Waals surface area contributed by atoms with Crippen molar-refractivity contribution in [2.24, 2.45) is 0 Å². The molecule has 0 saturated carbocycles. The zero-order valence-electron chi connectivity index (χ0n) is 13.0. The number of aliphatic hydroxyl groups is 1. The van der Waals surface area contributed by atoms with Gasteiger partial charge in [-0.3, -0.25) is 4.90 Å². The van der Waals surface area contributed by atoms with Crippen molar-refractivity contribution in [1.29, 1.82) is 0 Å². The molecule has 0 spiro atoms. The van der Waals surface area contributed by atoms with E-state index in [0.29, 0.717) is 19.8 Å². The molecule has 0 aliphatic carbocycles. The van der Waals surface area contributed by atoms with Crippen molar-refractivity contribution in [3.8, 4) is 5.75 Å². The zero-order valence-corrected chi connectivity index (χ0v) is 13.0. The Labute approximate surface area is 126 Å². The monoisotopic (exact) mass is 295 g/mol. The Hall–Kier alpha value is -1.14. The first-order valence-corrected chi connectivity index (χ1v) is 7.30. The Morgan fingerprint density at radius 2 is 1.90 bits per heavy atom. The number of hydrogen-bond donors (Lipinski definition) is 1. The molecular formula is C16H25NO4. The first kappa shape index (κ1) is 16.2. The fourth-order valence-electron chi connectivity index (χ4n) is 2.67. The summed E-state index contributed by atoms with van der Waals surface area (Å²) in [6.45, 7) is 5.22. The summed E-state index contributed by atoms with van der Waals surface area (Å²) in [5.74, 6) is 0.780. The van der Waals surface area contributed by atoms with Gasteiger partial charge in [-0.25, -0.2) is 0 Å². The maximum absolute atomic E-state index is 10.7. The van der Waals surface area contributed by atoms with Gasteiger partial charge in [-0.15, -0.1) is 0 Å². The van der Waals surface area contributed by atoms with E-state index in [2.05, 4.69) is 4.90 Å². The Morgan fingerprint density at radius 1 is 1.24 bits per heavy atom. The highest BCUT2D eigenvalue weighted by molar-refractivity contribution is 5.40. The first-order valence-electron chi connectivity index (χ1n) is 7.30. The van der Waals surface area contributed by atoms with Crippen molar-refractivity contribution in [2.45, 2.75) is 19.1 Å². The minimum absolute atomic E-state index is 0.0791. The van der Waals surface area contributed by atoms with Crippen molar-refractivity contribution in [3.63, 3.8) is 0 Å². The largest absolute Gasteiger partial charge is 0.491 e. The number of aliphatic hydroxyl groups excluding tert-OH is 1. The molecule has 5 nitrogen and oxygen atoms in total. The van der Waals surface area contributed by atoms with Gasteiger partial charge in [0.2, 0.25) is 0 Å². The predicted molar refractivity (Wildman–Crippen MR) is 80.7 cm³/mol. The molecule has 1 N–H and O–H groups in total. The van der Waals surface area contributed by atoms with Crippen molar-refractivity contribution in [2.75, 3.05) is 47.1 Å². The summed E-state index contributed by atoms with van der Waals surface area (Å²) in [5, 5.41) is 10.7. The second kappa shape index (κ2) is 7.75. The molecule has 1 aliphatic rings. The molecule has 5 heteroatoms. The van der Waals surface area contributed by atoms with E-state index in [1.807, 2.05) is 25.1 Å². The average molecular weight is 295 g/mol. The third-order valence-corrected chi connectivity index (χ3v) is 3.89. The van der Waals surface area contributed by atoms with Crippen LogP contribution in [-0.4, -0.2) is 63.2 Å². The topological polar surface area (TPSA) is 51.2 Å². The van der Waals surface area contributed by atoms with Crippen molar-refractivity contribution >= 4 is 0 Å². The van der Waals surface area contributed by atoms with Crippen LogP contribution in [-0.2, 0) is 9.47 Å². The Balaban J connectivity index is 2.14. The molecule has 0 aromatic heterocycles. The molecule has 0 fully saturated rings. The van der Waals surface area contributed by atoms with E-state index in [4.69, 9.17) is 14.2 Å². The lowest BCUT2D eigenvalue weighted by molar-refractivity contribution is -0.0146. The highest BCUT2D eigenvalue weighted by atomic mass is 16.5. The van der Waals surface area contributed by atoms with Crippen LogP contribution >= 0.6 is 0 Å². The van der Waals surface area contributed by atoms with Crippen LogP contribution in [0.1, 0.15) is 17.2 Å². The lowest BCUT2D eigenvalue weighted by Crippen LogP contribution is -2.48. The third kappa shape index (κ3) is 3.95. The molecule has 2 unspecified atom stereocenters. The van der Waals surface area contributed by atoms with Gasteiger partial charge in [0.05, 0.1) is 19.3 Å². The van der Waals surface area contributed by atoms with Gasteiger partial charge in [-0.2, -0.15) is 0 Å². The molecule has 0 amide bonds. The van der Waals surface area contributed by atoms with Crippen molar-refractivity contribution < 1.29 is 19.3 Å². The molecule has 2 atom stereocenters. The van der Waals surface area contributed by atoms with Gasteiger partial charge in [0.1, 0.15) is 18.5 Å². The van der Waals surface area contributed by atoms with Crippen LogP contribution in [0.25, 0.3) is 0 Å². The zero-order chi connectivity index (χ0) is 15.2. The second-order valence-electron chi connectivity index (χ2n) is 5.39. The number of ether oxygens (including phenoxy) is 3. The Kier molecular flexibility index (Phi) is 5.99. The summed E-state index contributed by atoms with van der Waals surface area (Å²) in [6.07, 6.45) is -0.553. The predicted octanol–water partition coefficient (Wildman–Crippen LogP) is 1.38. The van der Waals surface area contributed by atoms with Gasteiger partial charge in [-0.1, -0.05) is 11.6 Å². The molecule has 0 bridgehead atoms. The van der Waals surface area contributed by atoms with Crippen LogP contribution in [0.5, 0.6) is 5.75 Å². The maximum atomic E-state index is 10.7. The molecule has 118 valence electrons. The molecular weight excluding hydrogens is 270 g/mol. The second-order valence-corrected chi connectivity index (χ2v) is 5.39. The first-order chi connectivity index (χ1) is 10.2. The van der Waals surface area contributed by atoms with Gasteiger partial charge < -0.3 is 19.3 Å². The van der Waals surface area contributed by atoms with E-state index < -0.39 is 6.10 Å². The minimum atomic E-state index is -0.553. The summed E-state index contributed by atoms with van der Waals surface area (Å²) in [5.41, 5.74) is 1.99. The van der Waals surface area contributed by atoms with Crippen LogP contribution < -0.4 is 4.74 Å². The number of nitrogens with zero attached hydrogens (tertiary/aromatic N) is 1. The number of rotatable bonds is 7. The average Bonchev–Trinajstić information content (AvgIpc) is 2.49. The molecule has 1 aliphatic heterocycles. The van der Waals surface area contributed by atoms with Crippen molar-refractivity contribution in [3.05, 3.63) is 29.3 Å². The van der Waals surface area contributed by atoms with E-state index >= 15 is 0 Å². The van der Waals surface area contributed by atoms with E-state index in [1.165, 1.54) is 0 Å². The normalized spacial score (nSPS) is 21.2. The fraction of sp³-hybridized carbons (Fsp3) is 0.625. The fourth-order valence-corrected chi connectivity index (χ4v) is 2.67. The number of aryl methyl sites for hydroxylation is 1. The SMILES string of the molecule is COCCN(CCOC)C1COc2ccc(C)cc2C1O. The molecule has 0 radical (unpaired) electrons. The van der Waals surface area contributed by atoms with Gasteiger partial charge >= 0.3 is 0 Å². The van der Waals surface area contributed by atoms with E-state index in [9.17, 15) is 5.11 Å². The molecule has 1 heterocycles. The Bertz CT molecular complexity index is 444. The van der Waals surface area contributed by atoms with Crippen LogP contribution in [0, 0.1) is 6.92 Å². The highest BCUT2D eigenvalue weighted by Gasteiger charge is 2.33. The van der Waals surface area contributed by atoms with Gasteiger partial charge in [0, 0.05) is 32.9 Å². The number of benzene rings is 1. The van der Waals surface area contributed by atoms with Gasteiger partial charge in [-0.05, 0) is 19.1 Å². The third-order valence-electron chi connectivity index (χ3n) is 3.89. The van der Waals surface area contributed by atoms with Crippen LogP contribution in [0.3, 0.4) is 0 Å². The lowest BCUT2D eigenvalue weighted by Gasteiger charge is -2.38. The van der Waals surface area contributed by atoms with Gasteiger partial charge in [0.15, 0.2) is 0 Å². The number of fused-ring (bicyclic) bond motifs is 1. The lowest BCUT2D eigenvalue weighted by atomic mass is 9.96. The van der Waals surface area contributed by atoms with Crippen molar-refractivity contribution in [1.82, 2.24) is 4.90 Å². The van der Waals surface area contributed by atoms with Crippen LogP contribution in [0.15, 0.2) is 18.2 Å². The smallest absolute Gasteiger partial charge is 0.125 e. The van der Waals surface area contributed by atoms with Crippen LogP contribution in [0.4, 0.5) is 0 Å². The number of methoxy groups -OCH3 is 2. The molecule has 0 saturated heterocycles. The van der Waals surface area contributed by atoms with Gasteiger partial charge in [0.25, 0.3) is 0 Å². The van der Waals surface area contributed by atoms with E-state index in [-0.39, 0.29) is 6.04 Å². The van der Waals surface area contributed by atoms with Crippen LogP contribution in [0.2, 0.25) is 0 Å². The Morgan fingerprint density at radius 3 is 2.52 bits per heavy atom. The maximum Gasteiger partial charge on any atom is 0.125 e. The summed E-state index contributed by atoms with van der Waals surface area (Å²) >= 11 is 0. The standard InChI is InChI=1S/C16H25NO4/c1-12-4-5-15-13(10-12)16(18)14(11-21-15)17(6-8-19-2)7-9-20-3/h4-5,10,14,16,18H,6-9,11H2,1-3H3. The molecule has 2 rings (SSSR count). The van der Waals surface area contributed by atoms with E-state index in [1.54, 1.807) is 14.2 Å². The summed E-state index contributed by atoms with van der Waals surface area (Å²) < 4.78 is 16.1. The quantitative estimate of drug-likeness (QED) is 0.824. The highest BCUT2D eigenvalue weighted by Crippen LogP contribution is 2.34. The number of hydrogen-bond acceptors (Lipinski definition) is 5. The molecule has 21 heavy (non-hydrogen) atoms. The summed E-state index contributed by atoms with van der Waals surface area (Å²) in [7, 11) is 3.36. The minimum Gasteiger partial charge on any atom is -0.491 e. The molecule has 1 aromatic carbocycles. The summed E-state index contributed by atoms with van der Waals surface area (Å²) in [4.78, 5) is 2.17. The molecule has 1 aromatic rings. The summed E-state index contributed by atoms with van der Waals surface area (Å²) in [6, 6.07) is 5.85.